The molecule has 0 atom stereocenters. The third-order valence-electron chi connectivity index (χ3n) is 2.61. The summed E-state index contributed by atoms with van der Waals surface area (Å²) in [5, 5.41) is 2.83. The van der Waals surface area contributed by atoms with Crippen molar-refractivity contribution in [3.05, 3.63) is 24.3 Å². The minimum Gasteiger partial charge on any atom is -0.497 e. The Morgan fingerprint density at radius 3 is 2.53 bits per heavy atom. The molecule has 5 heteroatoms. The van der Waals surface area contributed by atoms with Crippen molar-refractivity contribution in [2.24, 2.45) is 5.73 Å². The van der Waals surface area contributed by atoms with E-state index in [4.69, 9.17) is 15.2 Å². The summed E-state index contributed by atoms with van der Waals surface area (Å²) >= 11 is 0. The standard InChI is InChI=1S/C14H22N2O3/c1-18-12-4-6-13(7-5-12)19-11-8-14(17)16-10-3-2-9-15/h4-7H,2-3,8-11,15H2,1H3,(H,16,17). The van der Waals surface area contributed by atoms with E-state index in [0.717, 1.165) is 24.3 Å². The van der Waals surface area contributed by atoms with Crippen molar-refractivity contribution in [1.82, 2.24) is 5.32 Å². The molecule has 0 aliphatic rings. The van der Waals surface area contributed by atoms with Crippen LogP contribution in [0.15, 0.2) is 24.3 Å². The molecule has 0 saturated carbocycles. The molecule has 0 fully saturated rings. The van der Waals surface area contributed by atoms with Gasteiger partial charge in [-0.3, -0.25) is 4.79 Å². The fourth-order valence-electron chi connectivity index (χ4n) is 1.52. The summed E-state index contributed by atoms with van der Waals surface area (Å²) in [5.41, 5.74) is 5.37. The van der Waals surface area contributed by atoms with Crippen LogP contribution in [0.5, 0.6) is 11.5 Å². The Morgan fingerprint density at radius 1 is 1.21 bits per heavy atom. The van der Waals surface area contributed by atoms with Crippen LogP contribution in [0.3, 0.4) is 0 Å². The number of unbranched alkanes of at least 4 members (excludes halogenated alkanes) is 1. The Labute approximate surface area is 114 Å². The van der Waals surface area contributed by atoms with E-state index in [2.05, 4.69) is 5.32 Å². The molecule has 0 unspecified atom stereocenters. The lowest BCUT2D eigenvalue weighted by Crippen LogP contribution is -2.26. The van der Waals surface area contributed by atoms with Gasteiger partial charge in [-0.05, 0) is 43.7 Å². The number of methoxy groups -OCH3 is 1. The first-order chi connectivity index (χ1) is 9.26. The molecule has 106 valence electrons. The van der Waals surface area contributed by atoms with Gasteiger partial charge in [-0.1, -0.05) is 0 Å². The fraction of sp³-hybridized carbons (Fsp3) is 0.500. The lowest BCUT2D eigenvalue weighted by Gasteiger charge is -2.07. The highest BCUT2D eigenvalue weighted by Gasteiger charge is 2.01. The van der Waals surface area contributed by atoms with Gasteiger partial charge in [-0.2, -0.15) is 0 Å². The van der Waals surface area contributed by atoms with Crippen molar-refractivity contribution >= 4 is 5.91 Å². The van der Waals surface area contributed by atoms with Crippen LogP contribution in [0.4, 0.5) is 0 Å². The lowest BCUT2D eigenvalue weighted by molar-refractivity contribution is -0.121. The molecule has 19 heavy (non-hydrogen) atoms. The predicted octanol–water partition coefficient (Wildman–Crippen LogP) is 1.32. The van der Waals surface area contributed by atoms with E-state index in [-0.39, 0.29) is 5.91 Å². The van der Waals surface area contributed by atoms with Crippen molar-refractivity contribution in [2.45, 2.75) is 19.3 Å². The zero-order valence-corrected chi connectivity index (χ0v) is 11.4. The first-order valence-corrected chi connectivity index (χ1v) is 6.50. The Morgan fingerprint density at radius 2 is 1.89 bits per heavy atom. The van der Waals surface area contributed by atoms with Gasteiger partial charge >= 0.3 is 0 Å². The summed E-state index contributed by atoms with van der Waals surface area (Å²) in [5.74, 6) is 1.52. The molecule has 0 aromatic heterocycles. The number of amides is 1. The number of hydrogen-bond donors (Lipinski definition) is 2. The van der Waals surface area contributed by atoms with Crippen molar-refractivity contribution in [3.8, 4) is 11.5 Å². The van der Waals surface area contributed by atoms with Gasteiger partial charge in [0, 0.05) is 6.54 Å². The third-order valence-corrected chi connectivity index (χ3v) is 2.61. The molecule has 0 saturated heterocycles. The Balaban J connectivity index is 2.13. The predicted molar refractivity (Wildman–Crippen MR) is 74.4 cm³/mol. The Bertz CT molecular complexity index is 365. The van der Waals surface area contributed by atoms with Gasteiger partial charge in [0.25, 0.3) is 0 Å². The van der Waals surface area contributed by atoms with Crippen LogP contribution >= 0.6 is 0 Å². The lowest BCUT2D eigenvalue weighted by atomic mass is 10.3. The number of carbonyl (C=O) groups excluding carboxylic acids is 1. The van der Waals surface area contributed by atoms with E-state index in [0.29, 0.717) is 26.1 Å². The number of nitrogens with one attached hydrogen (secondary N) is 1. The zero-order valence-electron chi connectivity index (χ0n) is 11.4. The van der Waals surface area contributed by atoms with E-state index < -0.39 is 0 Å². The van der Waals surface area contributed by atoms with Gasteiger partial charge in [0.2, 0.25) is 5.91 Å². The molecule has 1 aromatic rings. The van der Waals surface area contributed by atoms with Gasteiger partial charge in [0.15, 0.2) is 0 Å². The van der Waals surface area contributed by atoms with Crippen LogP contribution < -0.4 is 20.5 Å². The van der Waals surface area contributed by atoms with Crippen molar-refractivity contribution in [1.29, 1.82) is 0 Å². The molecular formula is C14H22N2O3. The summed E-state index contributed by atoms with van der Waals surface area (Å²) in [6.45, 7) is 1.71. The van der Waals surface area contributed by atoms with Crippen LogP contribution in [0.1, 0.15) is 19.3 Å². The molecule has 0 bridgehead atoms. The van der Waals surface area contributed by atoms with Crippen molar-refractivity contribution < 1.29 is 14.3 Å². The molecule has 1 amide bonds. The van der Waals surface area contributed by atoms with Gasteiger partial charge in [-0.15, -0.1) is 0 Å². The smallest absolute Gasteiger partial charge is 0.223 e. The van der Waals surface area contributed by atoms with Gasteiger partial charge in [-0.25, -0.2) is 0 Å². The second-order valence-electron chi connectivity index (χ2n) is 4.12. The number of nitrogens with two attached hydrogens (primary N) is 1. The number of rotatable bonds is 9. The number of benzene rings is 1. The van der Waals surface area contributed by atoms with E-state index in [1.54, 1.807) is 7.11 Å². The summed E-state index contributed by atoms with van der Waals surface area (Å²) in [6, 6.07) is 7.28. The second kappa shape index (κ2) is 9.22. The molecule has 1 aromatic carbocycles. The quantitative estimate of drug-likeness (QED) is 0.661. The summed E-state index contributed by atoms with van der Waals surface area (Å²) in [6.07, 6.45) is 2.21. The van der Waals surface area contributed by atoms with Gasteiger partial charge in [0.1, 0.15) is 11.5 Å². The maximum absolute atomic E-state index is 11.5. The largest absolute Gasteiger partial charge is 0.497 e. The van der Waals surface area contributed by atoms with Gasteiger partial charge in [0.05, 0.1) is 20.1 Å². The highest BCUT2D eigenvalue weighted by Crippen LogP contribution is 2.16. The van der Waals surface area contributed by atoms with Gasteiger partial charge < -0.3 is 20.5 Å². The monoisotopic (exact) mass is 266 g/mol. The molecule has 0 aliphatic heterocycles. The minimum absolute atomic E-state index is 0.00512. The topological polar surface area (TPSA) is 73.6 Å². The maximum atomic E-state index is 11.5. The number of hydrogen-bond acceptors (Lipinski definition) is 4. The summed E-state index contributed by atoms with van der Waals surface area (Å²) in [7, 11) is 1.62. The maximum Gasteiger partial charge on any atom is 0.223 e. The highest BCUT2D eigenvalue weighted by molar-refractivity contribution is 5.75. The molecule has 0 aliphatic carbocycles. The number of ether oxygens (including phenoxy) is 2. The van der Waals surface area contributed by atoms with Crippen LogP contribution in [0.2, 0.25) is 0 Å². The zero-order chi connectivity index (χ0) is 13.9. The van der Waals surface area contributed by atoms with Crippen LogP contribution in [0.25, 0.3) is 0 Å². The average molecular weight is 266 g/mol. The van der Waals surface area contributed by atoms with E-state index in [9.17, 15) is 4.79 Å². The van der Waals surface area contributed by atoms with Crippen molar-refractivity contribution in [2.75, 3.05) is 26.8 Å². The average Bonchev–Trinajstić information content (AvgIpc) is 2.44. The van der Waals surface area contributed by atoms with Crippen LogP contribution in [-0.4, -0.2) is 32.7 Å². The molecule has 0 radical (unpaired) electrons. The number of carbonyl (C=O) groups is 1. The SMILES string of the molecule is COc1ccc(OCCC(=O)NCCCCN)cc1. The normalized spacial score (nSPS) is 10.0. The van der Waals surface area contributed by atoms with E-state index in [1.807, 2.05) is 24.3 Å². The Hall–Kier alpha value is -1.75. The first kappa shape index (κ1) is 15.3. The minimum atomic E-state index is 0.00512. The third kappa shape index (κ3) is 6.67. The molecule has 0 spiro atoms. The fourth-order valence-corrected chi connectivity index (χ4v) is 1.52. The first-order valence-electron chi connectivity index (χ1n) is 6.50. The summed E-state index contributed by atoms with van der Waals surface area (Å²) < 4.78 is 10.5. The molecule has 1 rings (SSSR count). The summed E-state index contributed by atoms with van der Waals surface area (Å²) in [4.78, 5) is 11.5. The van der Waals surface area contributed by atoms with E-state index >= 15 is 0 Å². The second-order valence-corrected chi connectivity index (χ2v) is 4.12. The van der Waals surface area contributed by atoms with Crippen LogP contribution in [-0.2, 0) is 4.79 Å². The van der Waals surface area contributed by atoms with Crippen molar-refractivity contribution in [3.63, 3.8) is 0 Å². The molecule has 0 heterocycles. The van der Waals surface area contributed by atoms with E-state index in [1.165, 1.54) is 0 Å². The van der Waals surface area contributed by atoms with Crippen LogP contribution in [0, 0.1) is 0 Å². The molecule has 5 nitrogen and oxygen atoms in total. The highest BCUT2D eigenvalue weighted by atomic mass is 16.5. The molecular weight excluding hydrogens is 244 g/mol. The molecule has 3 N–H and O–H groups in total. The Kier molecular flexibility index (Phi) is 7.43.